The van der Waals surface area contributed by atoms with Crippen molar-refractivity contribution >= 4 is 11.4 Å². The molecule has 0 aromatic heterocycles. The quantitative estimate of drug-likeness (QED) is 0.731. The summed E-state index contributed by atoms with van der Waals surface area (Å²) in [6.45, 7) is 3.40. The van der Waals surface area contributed by atoms with E-state index in [0.717, 1.165) is 6.07 Å². The molecular weight excluding hydrogens is 245 g/mol. The van der Waals surface area contributed by atoms with E-state index in [-0.39, 0.29) is 23.9 Å². The number of anilines is 2. The Labute approximate surface area is 104 Å². The van der Waals surface area contributed by atoms with Crippen molar-refractivity contribution in [1.29, 1.82) is 0 Å². The first-order valence-electron chi connectivity index (χ1n) is 5.59. The molecule has 0 amide bonds. The van der Waals surface area contributed by atoms with Crippen LogP contribution in [0.4, 0.5) is 24.5 Å². The van der Waals surface area contributed by atoms with Gasteiger partial charge in [0.1, 0.15) is 0 Å². The smallest absolute Gasteiger partial charge is 0.399 e. The van der Waals surface area contributed by atoms with E-state index in [9.17, 15) is 13.2 Å². The Morgan fingerprint density at radius 1 is 1.33 bits per heavy atom. The van der Waals surface area contributed by atoms with Gasteiger partial charge in [0.2, 0.25) is 0 Å². The fourth-order valence-electron chi connectivity index (χ4n) is 1.55. The summed E-state index contributed by atoms with van der Waals surface area (Å²) < 4.78 is 38.5. The molecule has 1 aromatic rings. The monoisotopic (exact) mass is 262 g/mol. The van der Waals surface area contributed by atoms with Crippen LogP contribution in [0.15, 0.2) is 18.2 Å². The Morgan fingerprint density at radius 3 is 2.39 bits per heavy atom. The van der Waals surface area contributed by atoms with Crippen LogP contribution in [0.3, 0.4) is 0 Å². The summed E-state index contributed by atoms with van der Waals surface area (Å²) in [7, 11) is 0. The van der Waals surface area contributed by atoms with Crippen molar-refractivity contribution in [2.45, 2.75) is 26.1 Å². The number of hydrogen-bond acceptors (Lipinski definition) is 3. The maximum atomic E-state index is 12.8. The molecule has 0 bridgehead atoms. The van der Waals surface area contributed by atoms with Crippen LogP contribution in [0.2, 0.25) is 0 Å². The van der Waals surface area contributed by atoms with Crippen molar-refractivity contribution in [2.24, 2.45) is 5.92 Å². The van der Waals surface area contributed by atoms with E-state index >= 15 is 0 Å². The van der Waals surface area contributed by atoms with E-state index in [1.54, 1.807) is 0 Å². The molecule has 0 aliphatic carbocycles. The van der Waals surface area contributed by atoms with Crippen LogP contribution in [-0.4, -0.2) is 17.8 Å². The van der Waals surface area contributed by atoms with Crippen LogP contribution in [0.1, 0.15) is 19.4 Å². The molecule has 1 unspecified atom stereocenters. The van der Waals surface area contributed by atoms with Crippen LogP contribution < -0.4 is 11.1 Å². The summed E-state index contributed by atoms with van der Waals surface area (Å²) in [5.74, 6) is 0.00800. The Bertz CT molecular complexity index is 405. The number of nitrogens with one attached hydrogen (secondary N) is 1. The summed E-state index contributed by atoms with van der Waals surface area (Å²) in [6, 6.07) is 3.13. The van der Waals surface area contributed by atoms with Crippen molar-refractivity contribution in [3.63, 3.8) is 0 Å². The molecule has 3 nitrogen and oxygen atoms in total. The molecule has 0 saturated carbocycles. The van der Waals surface area contributed by atoms with Gasteiger partial charge in [0.05, 0.1) is 18.2 Å². The Kier molecular flexibility index (Phi) is 4.45. The van der Waals surface area contributed by atoms with Gasteiger partial charge < -0.3 is 16.2 Å². The van der Waals surface area contributed by atoms with E-state index in [1.807, 2.05) is 13.8 Å². The molecule has 0 radical (unpaired) electrons. The summed E-state index contributed by atoms with van der Waals surface area (Å²) in [5.41, 5.74) is 4.54. The van der Waals surface area contributed by atoms with Crippen molar-refractivity contribution in [3.8, 4) is 0 Å². The number of aliphatic hydroxyl groups is 1. The zero-order valence-corrected chi connectivity index (χ0v) is 10.3. The third-order valence-corrected chi connectivity index (χ3v) is 2.69. The maximum absolute atomic E-state index is 12.8. The number of nitrogen functional groups attached to an aromatic ring is 1. The zero-order chi connectivity index (χ0) is 13.9. The fourth-order valence-corrected chi connectivity index (χ4v) is 1.55. The van der Waals surface area contributed by atoms with Gasteiger partial charge in [0.15, 0.2) is 0 Å². The van der Waals surface area contributed by atoms with Crippen LogP contribution in [-0.2, 0) is 6.18 Å². The maximum Gasteiger partial charge on any atom is 0.418 e. The molecule has 1 atom stereocenters. The lowest BCUT2D eigenvalue weighted by molar-refractivity contribution is -0.136. The van der Waals surface area contributed by atoms with Gasteiger partial charge in [0, 0.05) is 11.4 Å². The molecule has 4 N–H and O–H groups in total. The molecule has 0 fully saturated rings. The van der Waals surface area contributed by atoms with Gasteiger partial charge in [-0.15, -0.1) is 0 Å². The highest BCUT2D eigenvalue weighted by atomic mass is 19.4. The highest BCUT2D eigenvalue weighted by Gasteiger charge is 2.34. The fraction of sp³-hybridized carbons (Fsp3) is 0.500. The molecule has 6 heteroatoms. The average Bonchev–Trinajstić information content (AvgIpc) is 2.25. The number of alkyl halides is 3. The normalized spacial score (nSPS) is 13.7. The molecule has 0 aliphatic heterocycles. The summed E-state index contributed by atoms with van der Waals surface area (Å²) >= 11 is 0. The molecule has 102 valence electrons. The van der Waals surface area contributed by atoms with Gasteiger partial charge in [-0.1, -0.05) is 13.8 Å². The van der Waals surface area contributed by atoms with Crippen molar-refractivity contribution in [2.75, 3.05) is 17.7 Å². The van der Waals surface area contributed by atoms with Crippen molar-refractivity contribution in [1.82, 2.24) is 0 Å². The van der Waals surface area contributed by atoms with Gasteiger partial charge in [-0.05, 0) is 24.1 Å². The van der Waals surface area contributed by atoms with Crippen molar-refractivity contribution in [3.05, 3.63) is 23.8 Å². The van der Waals surface area contributed by atoms with Gasteiger partial charge in [-0.2, -0.15) is 13.2 Å². The molecule has 18 heavy (non-hydrogen) atoms. The molecule has 0 aliphatic rings. The third-order valence-electron chi connectivity index (χ3n) is 2.69. The standard InChI is InChI=1S/C12H17F3N2O/c1-7(2)11(6-18)17-10-4-3-8(16)5-9(10)12(13,14)15/h3-5,7,11,17-18H,6,16H2,1-2H3. The summed E-state index contributed by atoms with van der Waals surface area (Å²) in [6.07, 6.45) is -4.48. The topological polar surface area (TPSA) is 58.3 Å². The molecule has 1 aromatic carbocycles. The second-order valence-corrected chi connectivity index (χ2v) is 4.48. The van der Waals surface area contributed by atoms with Gasteiger partial charge in [-0.3, -0.25) is 0 Å². The number of halogens is 3. The Balaban J connectivity index is 3.09. The summed E-state index contributed by atoms with van der Waals surface area (Å²) in [4.78, 5) is 0. The average molecular weight is 262 g/mol. The minimum absolute atomic E-state index is 0.00800. The number of rotatable bonds is 4. The lowest BCUT2D eigenvalue weighted by Crippen LogP contribution is -2.30. The van der Waals surface area contributed by atoms with Gasteiger partial charge in [0.25, 0.3) is 0 Å². The minimum Gasteiger partial charge on any atom is -0.399 e. The van der Waals surface area contributed by atoms with Gasteiger partial charge >= 0.3 is 6.18 Å². The number of nitrogens with two attached hydrogens (primary N) is 1. The number of benzene rings is 1. The zero-order valence-electron chi connectivity index (χ0n) is 10.3. The second-order valence-electron chi connectivity index (χ2n) is 4.48. The lowest BCUT2D eigenvalue weighted by Gasteiger charge is -2.23. The van der Waals surface area contributed by atoms with Crippen LogP contribution in [0.25, 0.3) is 0 Å². The lowest BCUT2D eigenvalue weighted by atomic mass is 10.0. The third kappa shape index (κ3) is 3.53. The second kappa shape index (κ2) is 5.48. The summed E-state index contributed by atoms with van der Waals surface area (Å²) in [5, 5.41) is 11.8. The van der Waals surface area contributed by atoms with Crippen LogP contribution in [0, 0.1) is 5.92 Å². The largest absolute Gasteiger partial charge is 0.418 e. The van der Waals surface area contributed by atoms with E-state index in [1.165, 1.54) is 12.1 Å². The first kappa shape index (κ1) is 14.6. The first-order valence-corrected chi connectivity index (χ1v) is 5.59. The number of aliphatic hydroxyl groups excluding tert-OH is 1. The molecule has 1 rings (SSSR count). The van der Waals surface area contributed by atoms with E-state index in [4.69, 9.17) is 10.8 Å². The molecule has 0 saturated heterocycles. The minimum atomic E-state index is -4.48. The SMILES string of the molecule is CC(C)C(CO)Nc1ccc(N)cc1C(F)(F)F. The van der Waals surface area contributed by atoms with Gasteiger partial charge in [-0.25, -0.2) is 0 Å². The van der Waals surface area contributed by atoms with E-state index in [0.29, 0.717) is 0 Å². The Morgan fingerprint density at radius 2 is 1.94 bits per heavy atom. The Hall–Kier alpha value is -1.43. The van der Waals surface area contributed by atoms with Crippen molar-refractivity contribution < 1.29 is 18.3 Å². The first-order chi connectivity index (χ1) is 8.25. The van der Waals surface area contributed by atoms with Crippen LogP contribution >= 0.6 is 0 Å². The predicted molar refractivity (Wildman–Crippen MR) is 65.2 cm³/mol. The number of hydrogen-bond donors (Lipinski definition) is 3. The van der Waals surface area contributed by atoms with E-state index < -0.39 is 17.8 Å². The van der Waals surface area contributed by atoms with Crippen LogP contribution in [0.5, 0.6) is 0 Å². The highest BCUT2D eigenvalue weighted by molar-refractivity contribution is 5.59. The molecule has 0 spiro atoms. The highest BCUT2D eigenvalue weighted by Crippen LogP contribution is 2.36. The molecular formula is C12H17F3N2O. The predicted octanol–water partition coefficient (Wildman–Crippen LogP) is 2.72. The van der Waals surface area contributed by atoms with E-state index in [2.05, 4.69) is 5.32 Å². The molecule has 0 heterocycles.